The summed E-state index contributed by atoms with van der Waals surface area (Å²) in [5, 5.41) is 0.715. The Morgan fingerprint density at radius 3 is 3.00 bits per heavy atom. The molecule has 0 spiro atoms. The average Bonchev–Trinajstić information content (AvgIpc) is 2.64. The van der Waals surface area contributed by atoms with E-state index >= 15 is 0 Å². The van der Waals surface area contributed by atoms with Gasteiger partial charge in [0.15, 0.2) is 0 Å². The van der Waals surface area contributed by atoms with Gasteiger partial charge >= 0.3 is 0 Å². The number of methoxy groups -OCH3 is 1. The molecule has 1 aromatic rings. The molecule has 1 unspecified atom stereocenters. The molecule has 1 heterocycles. The number of ether oxygens (including phenoxy) is 1. The van der Waals surface area contributed by atoms with Gasteiger partial charge in [-0.05, 0) is 42.6 Å². The third kappa shape index (κ3) is 3.60. The summed E-state index contributed by atoms with van der Waals surface area (Å²) < 4.78 is 5.19. The van der Waals surface area contributed by atoms with Crippen LogP contribution in [0.15, 0.2) is 18.2 Å². The number of hydrogen-bond donors (Lipinski definition) is 1. The quantitative estimate of drug-likeness (QED) is 0.839. The number of nitrogens with zero attached hydrogens (tertiary/aromatic N) is 1. The van der Waals surface area contributed by atoms with Crippen LogP contribution in [0.25, 0.3) is 0 Å². The Hall–Kier alpha value is -0.770. The molecule has 1 fully saturated rings. The first-order valence-corrected chi connectivity index (χ1v) is 6.31. The molecule has 1 saturated heterocycles. The molecule has 1 aromatic carbocycles. The molecule has 1 atom stereocenters. The molecule has 4 heteroatoms. The first-order chi connectivity index (χ1) is 8.17. The van der Waals surface area contributed by atoms with Crippen LogP contribution in [-0.2, 0) is 11.3 Å². The minimum absolute atomic E-state index is 0.663. The monoisotopic (exact) mass is 254 g/mol. The van der Waals surface area contributed by atoms with Crippen LogP contribution in [0.4, 0.5) is 5.69 Å². The van der Waals surface area contributed by atoms with Gasteiger partial charge in [0.25, 0.3) is 0 Å². The fourth-order valence-corrected chi connectivity index (χ4v) is 2.72. The highest BCUT2D eigenvalue weighted by molar-refractivity contribution is 6.30. The third-order valence-corrected chi connectivity index (χ3v) is 3.38. The largest absolute Gasteiger partial charge is 0.399 e. The van der Waals surface area contributed by atoms with E-state index in [9.17, 15) is 0 Å². The average molecular weight is 255 g/mol. The van der Waals surface area contributed by atoms with Crippen LogP contribution in [-0.4, -0.2) is 31.7 Å². The molecule has 2 N–H and O–H groups in total. The zero-order valence-corrected chi connectivity index (χ0v) is 10.9. The zero-order chi connectivity index (χ0) is 12.3. The third-order valence-electron chi connectivity index (χ3n) is 3.16. The summed E-state index contributed by atoms with van der Waals surface area (Å²) >= 11 is 6.00. The molecule has 0 amide bonds. The predicted molar refractivity (Wildman–Crippen MR) is 71.1 cm³/mol. The van der Waals surface area contributed by atoms with Crippen LogP contribution in [0, 0.1) is 5.92 Å². The van der Waals surface area contributed by atoms with Crippen molar-refractivity contribution in [1.82, 2.24) is 4.90 Å². The van der Waals surface area contributed by atoms with Crippen molar-refractivity contribution < 1.29 is 4.74 Å². The van der Waals surface area contributed by atoms with Crippen molar-refractivity contribution in [2.45, 2.75) is 13.0 Å². The first-order valence-electron chi connectivity index (χ1n) is 5.93. The fourth-order valence-electron chi connectivity index (χ4n) is 2.45. The Morgan fingerprint density at radius 1 is 1.47 bits per heavy atom. The molecule has 3 nitrogen and oxygen atoms in total. The van der Waals surface area contributed by atoms with Gasteiger partial charge < -0.3 is 10.5 Å². The highest BCUT2D eigenvalue weighted by Crippen LogP contribution is 2.22. The van der Waals surface area contributed by atoms with Gasteiger partial charge in [0.2, 0.25) is 0 Å². The number of anilines is 1. The Morgan fingerprint density at radius 2 is 2.29 bits per heavy atom. The lowest BCUT2D eigenvalue weighted by Gasteiger charge is -2.16. The highest BCUT2D eigenvalue weighted by atomic mass is 35.5. The summed E-state index contributed by atoms with van der Waals surface area (Å²) in [4.78, 5) is 2.43. The number of likely N-dealkylation sites (tertiary alicyclic amines) is 1. The number of hydrogen-bond acceptors (Lipinski definition) is 3. The number of benzene rings is 1. The second-order valence-electron chi connectivity index (χ2n) is 4.74. The molecule has 0 aliphatic carbocycles. The molecule has 1 aliphatic heterocycles. The summed E-state index contributed by atoms with van der Waals surface area (Å²) in [6.45, 7) is 4.00. The van der Waals surface area contributed by atoms with Gasteiger partial charge in [0.05, 0.1) is 6.61 Å². The van der Waals surface area contributed by atoms with Gasteiger partial charge in [0.1, 0.15) is 0 Å². The van der Waals surface area contributed by atoms with E-state index in [-0.39, 0.29) is 0 Å². The molecular formula is C13H19ClN2O. The minimum atomic E-state index is 0.663. The smallest absolute Gasteiger partial charge is 0.0503 e. The standard InChI is InChI=1S/C13H19ClN2O/c1-17-9-10-2-3-16(7-10)8-11-4-12(14)6-13(15)5-11/h4-6,10H,2-3,7-9,15H2,1H3. The van der Waals surface area contributed by atoms with Crippen molar-refractivity contribution >= 4 is 17.3 Å². The normalized spacial score (nSPS) is 20.9. The summed E-state index contributed by atoms with van der Waals surface area (Å²) in [6.07, 6.45) is 1.21. The Kier molecular flexibility index (Phi) is 4.26. The molecule has 17 heavy (non-hydrogen) atoms. The van der Waals surface area contributed by atoms with Crippen LogP contribution >= 0.6 is 11.6 Å². The van der Waals surface area contributed by atoms with Gasteiger partial charge in [0, 0.05) is 30.9 Å². The number of nitrogens with two attached hydrogens (primary N) is 1. The van der Waals surface area contributed by atoms with E-state index in [1.54, 1.807) is 13.2 Å². The predicted octanol–water partition coefficient (Wildman–Crippen LogP) is 2.39. The number of nitrogen functional groups attached to an aromatic ring is 1. The van der Waals surface area contributed by atoms with Crippen LogP contribution in [0.1, 0.15) is 12.0 Å². The van der Waals surface area contributed by atoms with Crippen molar-refractivity contribution in [3.8, 4) is 0 Å². The maximum atomic E-state index is 6.00. The van der Waals surface area contributed by atoms with Crippen LogP contribution < -0.4 is 5.73 Å². The maximum absolute atomic E-state index is 6.00. The lowest BCUT2D eigenvalue weighted by Crippen LogP contribution is -2.21. The van der Waals surface area contributed by atoms with Gasteiger partial charge in [-0.25, -0.2) is 0 Å². The van der Waals surface area contributed by atoms with E-state index in [0.29, 0.717) is 10.9 Å². The van der Waals surface area contributed by atoms with Gasteiger partial charge in [-0.15, -0.1) is 0 Å². The van der Waals surface area contributed by atoms with E-state index in [1.807, 2.05) is 12.1 Å². The van der Waals surface area contributed by atoms with Crippen molar-refractivity contribution in [3.63, 3.8) is 0 Å². The maximum Gasteiger partial charge on any atom is 0.0503 e. The molecule has 0 saturated carbocycles. The Balaban J connectivity index is 1.93. The van der Waals surface area contributed by atoms with E-state index in [2.05, 4.69) is 4.90 Å². The summed E-state index contributed by atoms with van der Waals surface area (Å²) in [6, 6.07) is 5.76. The van der Waals surface area contributed by atoms with Gasteiger partial charge in [-0.3, -0.25) is 4.90 Å². The molecule has 1 aliphatic rings. The van der Waals surface area contributed by atoms with E-state index in [4.69, 9.17) is 22.1 Å². The van der Waals surface area contributed by atoms with Crippen molar-refractivity contribution in [2.75, 3.05) is 32.5 Å². The van der Waals surface area contributed by atoms with Crippen molar-refractivity contribution in [3.05, 3.63) is 28.8 Å². The van der Waals surface area contributed by atoms with E-state index in [1.165, 1.54) is 12.0 Å². The van der Waals surface area contributed by atoms with Crippen LogP contribution in [0.3, 0.4) is 0 Å². The molecule has 2 rings (SSSR count). The topological polar surface area (TPSA) is 38.5 Å². The molecule has 0 aromatic heterocycles. The molecular weight excluding hydrogens is 236 g/mol. The molecule has 0 bridgehead atoms. The summed E-state index contributed by atoms with van der Waals surface area (Å²) in [5.41, 5.74) is 7.71. The summed E-state index contributed by atoms with van der Waals surface area (Å²) in [5.74, 6) is 0.663. The SMILES string of the molecule is COCC1CCN(Cc2cc(N)cc(Cl)c2)C1. The first kappa shape index (κ1) is 12.7. The van der Waals surface area contributed by atoms with Gasteiger partial charge in [-0.2, -0.15) is 0 Å². The van der Waals surface area contributed by atoms with Crippen molar-refractivity contribution in [1.29, 1.82) is 0 Å². The Bertz CT molecular complexity index is 363. The van der Waals surface area contributed by atoms with Crippen molar-refractivity contribution in [2.24, 2.45) is 5.92 Å². The summed E-state index contributed by atoms with van der Waals surface area (Å²) in [7, 11) is 1.76. The second-order valence-corrected chi connectivity index (χ2v) is 5.17. The van der Waals surface area contributed by atoms with Gasteiger partial charge in [-0.1, -0.05) is 11.6 Å². The second kappa shape index (κ2) is 5.71. The van der Waals surface area contributed by atoms with E-state index < -0.39 is 0 Å². The zero-order valence-electron chi connectivity index (χ0n) is 10.2. The fraction of sp³-hybridized carbons (Fsp3) is 0.538. The molecule has 0 radical (unpaired) electrons. The number of rotatable bonds is 4. The Labute approximate surface area is 107 Å². The lowest BCUT2D eigenvalue weighted by atomic mass is 10.1. The minimum Gasteiger partial charge on any atom is -0.399 e. The van der Waals surface area contributed by atoms with E-state index in [0.717, 1.165) is 31.9 Å². The lowest BCUT2D eigenvalue weighted by molar-refractivity contribution is 0.152. The van der Waals surface area contributed by atoms with Crippen LogP contribution in [0.2, 0.25) is 5.02 Å². The number of halogens is 1. The van der Waals surface area contributed by atoms with Crippen LogP contribution in [0.5, 0.6) is 0 Å². The highest BCUT2D eigenvalue weighted by Gasteiger charge is 2.22. The molecule has 94 valence electrons.